The second-order valence-corrected chi connectivity index (χ2v) is 4.34. The summed E-state index contributed by atoms with van der Waals surface area (Å²) in [6, 6.07) is 8.49. The lowest BCUT2D eigenvalue weighted by atomic mass is 10.0. The number of benzene rings is 1. The maximum atomic E-state index is 9.66. The van der Waals surface area contributed by atoms with Gasteiger partial charge in [0.25, 0.3) is 0 Å². The van der Waals surface area contributed by atoms with E-state index in [9.17, 15) is 5.11 Å². The summed E-state index contributed by atoms with van der Waals surface area (Å²) in [6.45, 7) is 6.10. The molecule has 0 heterocycles. The summed E-state index contributed by atoms with van der Waals surface area (Å²) in [5.41, 5.74) is 3.75. The average Bonchev–Trinajstić information content (AvgIpc) is 2.16. The fraction of sp³-hybridized carbons (Fsp3) is 0.429. The summed E-state index contributed by atoms with van der Waals surface area (Å²) >= 11 is 0. The van der Waals surface area contributed by atoms with Crippen LogP contribution < -0.4 is 0 Å². The van der Waals surface area contributed by atoms with Crippen LogP contribution in [0.15, 0.2) is 35.9 Å². The molecule has 0 spiro atoms. The van der Waals surface area contributed by atoms with E-state index in [-0.39, 0.29) is 6.10 Å². The molecule has 0 fully saturated rings. The lowest BCUT2D eigenvalue weighted by Gasteiger charge is -2.06. The first-order valence-electron chi connectivity index (χ1n) is 5.46. The zero-order valence-electron chi connectivity index (χ0n) is 9.83. The van der Waals surface area contributed by atoms with Gasteiger partial charge in [-0.25, -0.2) is 0 Å². The average molecular weight is 204 g/mol. The maximum Gasteiger partial charge on any atom is 0.0726 e. The second kappa shape index (κ2) is 5.72. The summed E-state index contributed by atoms with van der Waals surface area (Å²) < 4.78 is 0. The van der Waals surface area contributed by atoms with Crippen LogP contribution in [0.2, 0.25) is 0 Å². The van der Waals surface area contributed by atoms with Gasteiger partial charge < -0.3 is 5.11 Å². The fourth-order valence-corrected chi connectivity index (χ4v) is 1.54. The van der Waals surface area contributed by atoms with Crippen molar-refractivity contribution in [3.8, 4) is 0 Å². The Morgan fingerprint density at radius 2 is 1.87 bits per heavy atom. The zero-order chi connectivity index (χ0) is 11.3. The number of rotatable bonds is 4. The van der Waals surface area contributed by atoms with Gasteiger partial charge in [-0.2, -0.15) is 0 Å². The molecule has 0 aliphatic rings. The Morgan fingerprint density at radius 1 is 1.27 bits per heavy atom. The van der Waals surface area contributed by atoms with E-state index < -0.39 is 0 Å². The predicted molar refractivity (Wildman–Crippen MR) is 64.9 cm³/mol. The van der Waals surface area contributed by atoms with Gasteiger partial charge in [0, 0.05) is 0 Å². The molecule has 82 valence electrons. The molecule has 1 rings (SSSR count). The highest BCUT2D eigenvalue weighted by atomic mass is 16.3. The normalized spacial score (nSPS) is 12.3. The molecule has 1 unspecified atom stereocenters. The van der Waals surface area contributed by atoms with Crippen LogP contribution in [0.5, 0.6) is 0 Å². The van der Waals surface area contributed by atoms with Crippen LogP contribution in [0.1, 0.15) is 31.4 Å². The highest BCUT2D eigenvalue weighted by molar-refractivity contribution is 5.21. The highest BCUT2D eigenvalue weighted by Gasteiger charge is 2.00. The van der Waals surface area contributed by atoms with E-state index in [1.807, 2.05) is 19.9 Å². The predicted octanol–water partition coefficient (Wildman–Crippen LogP) is 3.25. The van der Waals surface area contributed by atoms with E-state index >= 15 is 0 Å². The first-order chi connectivity index (χ1) is 7.08. The number of aliphatic hydroxyl groups excluding tert-OH is 1. The van der Waals surface area contributed by atoms with Gasteiger partial charge in [0.15, 0.2) is 0 Å². The first-order valence-corrected chi connectivity index (χ1v) is 5.46. The molecule has 0 radical (unpaired) electrons. The highest BCUT2D eigenvalue weighted by Crippen LogP contribution is 2.08. The standard InChI is InChI=1S/C14H20O/c1-11(2)10-14(15)9-8-13-6-4-12(3)5-7-13/h4-7,10,14-15H,8-9H2,1-3H3. The number of hydrogen-bond acceptors (Lipinski definition) is 1. The molecule has 1 N–H and O–H groups in total. The molecule has 1 aromatic rings. The zero-order valence-corrected chi connectivity index (χ0v) is 9.83. The van der Waals surface area contributed by atoms with E-state index in [4.69, 9.17) is 0 Å². The van der Waals surface area contributed by atoms with Gasteiger partial charge >= 0.3 is 0 Å². The summed E-state index contributed by atoms with van der Waals surface area (Å²) in [7, 11) is 0. The summed E-state index contributed by atoms with van der Waals surface area (Å²) in [5.74, 6) is 0. The van der Waals surface area contributed by atoms with Crippen LogP contribution in [0, 0.1) is 6.92 Å². The number of allylic oxidation sites excluding steroid dienone is 1. The summed E-state index contributed by atoms with van der Waals surface area (Å²) in [6.07, 6.45) is 3.34. The second-order valence-electron chi connectivity index (χ2n) is 4.34. The Bertz CT molecular complexity index is 318. The number of aliphatic hydroxyl groups is 1. The Labute approximate surface area is 92.5 Å². The van der Waals surface area contributed by atoms with Crippen molar-refractivity contribution >= 4 is 0 Å². The van der Waals surface area contributed by atoms with Crippen LogP contribution in [0.4, 0.5) is 0 Å². The number of hydrogen-bond donors (Lipinski definition) is 1. The van der Waals surface area contributed by atoms with Gasteiger partial charge in [0.05, 0.1) is 6.10 Å². The molecular formula is C14H20O. The van der Waals surface area contributed by atoms with Crippen molar-refractivity contribution in [2.24, 2.45) is 0 Å². The van der Waals surface area contributed by atoms with Crippen LogP contribution >= 0.6 is 0 Å². The molecule has 0 aromatic heterocycles. The molecular weight excluding hydrogens is 184 g/mol. The Morgan fingerprint density at radius 3 is 2.40 bits per heavy atom. The largest absolute Gasteiger partial charge is 0.389 e. The minimum absolute atomic E-state index is 0.309. The molecule has 0 aliphatic carbocycles. The quantitative estimate of drug-likeness (QED) is 0.746. The fourth-order valence-electron chi connectivity index (χ4n) is 1.54. The third kappa shape index (κ3) is 4.80. The molecule has 1 atom stereocenters. The minimum Gasteiger partial charge on any atom is -0.389 e. The topological polar surface area (TPSA) is 20.2 Å². The van der Waals surface area contributed by atoms with Crippen molar-refractivity contribution in [1.82, 2.24) is 0 Å². The summed E-state index contributed by atoms with van der Waals surface area (Å²) in [5, 5.41) is 9.66. The Balaban J connectivity index is 2.43. The van der Waals surface area contributed by atoms with Crippen molar-refractivity contribution in [1.29, 1.82) is 0 Å². The smallest absolute Gasteiger partial charge is 0.0726 e. The van der Waals surface area contributed by atoms with Crippen LogP contribution in [-0.4, -0.2) is 11.2 Å². The van der Waals surface area contributed by atoms with Crippen molar-refractivity contribution in [2.45, 2.75) is 39.7 Å². The number of aryl methyl sites for hydroxylation is 2. The van der Waals surface area contributed by atoms with Gasteiger partial charge in [-0.15, -0.1) is 0 Å². The third-order valence-electron chi connectivity index (χ3n) is 2.38. The summed E-state index contributed by atoms with van der Waals surface area (Å²) in [4.78, 5) is 0. The van der Waals surface area contributed by atoms with E-state index in [0.717, 1.165) is 12.8 Å². The van der Waals surface area contributed by atoms with Gasteiger partial charge in [-0.3, -0.25) is 0 Å². The maximum absolute atomic E-state index is 9.66. The minimum atomic E-state index is -0.309. The van der Waals surface area contributed by atoms with Crippen LogP contribution in [0.3, 0.4) is 0 Å². The lowest BCUT2D eigenvalue weighted by Crippen LogP contribution is -2.04. The van der Waals surface area contributed by atoms with Crippen molar-refractivity contribution in [2.75, 3.05) is 0 Å². The SMILES string of the molecule is CC(C)=CC(O)CCc1ccc(C)cc1. The van der Waals surface area contributed by atoms with Gasteiger partial charge in [0.1, 0.15) is 0 Å². The molecule has 0 saturated carbocycles. The van der Waals surface area contributed by atoms with E-state index in [1.165, 1.54) is 16.7 Å². The molecule has 15 heavy (non-hydrogen) atoms. The van der Waals surface area contributed by atoms with Gasteiger partial charge in [-0.1, -0.05) is 41.5 Å². The monoisotopic (exact) mass is 204 g/mol. The van der Waals surface area contributed by atoms with Crippen LogP contribution in [0.25, 0.3) is 0 Å². The molecule has 0 aliphatic heterocycles. The molecule has 0 bridgehead atoms. The van der Waals surface area contributed by atoms with Crippen LogP contribution in [-0.2, 0) is 6.42 Å². The first kappa shape index (κ1) is 12.0. The molecule has 0 saturated heterocycles. The Kier molecular flexibility index (Phi) is 4.57. The molecule has 1 aromatic carbocycles. The van der Waals surface area contributed by atoms with E-state index in [0.29, 0.717) is 0 Å². The van der Waals surface area contributed by atoms with Crippen molar-refractivity contribution in [3.05, 3.63) is 47.0 Å². The van der Waals surface area contributed by atoms with Gasteiger partial charge in [-0.05, 0) is 39.2 Å². The van der Waals surface area contributed by atoms with Crippen molar-refractivity contribution in [3.63, 3.8) is 0 Å². The van der Waals surface area contributed by atoms with E-state index in [2.05, 4.69) is 31.2 Å². The lowest BCUT2D eigenvalue weighted by molar-refractivity contribution is 0.212. The molecule has 1 heteroatoms. The third-order valence-corrected chi connectivity index (χ3v) is 2.38. The molecule has 0 amide bonds. The van der Waals surface area contributed by atoms with E-state index in [1.54, 1.807) is 0 Å². The van der Waals surface area contributed by atoms with Gasteiger partial charge in [0.2, 0.25) is 0 Å². The molecule has 1 nitrogen and oxygen atoms in total. The Hall–Kier alpha value is -1.08. The van der Waals surface area contributed by atoms with Crippen molar-refractivity contribution < 1.29 is 5.11 Å².